The quantitative estimate of drug-likeness (QED) is 0.741. The number of pyridine rings is 1. The molecule has 0 saturated heterocycles. The van der Waals surface area contributed by atoms with Gasteiger partial charge in [-0.2, -0.15) is 0 Å². The Balaban J connectivity index is 2.04. The highest BCUT2D eigenvalue weighted by atomic mass is 16.5. The minimum atomic E-state index is -0.320. The summed E-state index contributed by atoms with van der Waals surface area (Å²) in [5.74, 6) is -0.342. The summed E-state index contributed by atoms with van der Waals surface area (Å²) >= 11 is 0. The Hall–Kier alpha value is -1.91. The number of esters is 1. The van der Waals surface area contributed by atoms with E-state index in [2.05, 4.69) is 4.98 Å². The fourth-order valence-electron chi connectivity index (χ4n) is 2.14. The summed E-state index contributed by atoms with van der Waals surface area (Å²) in [5.41, 5.74) is 0.971. The second kappa shape index (κ2) is 6.50. The van der Waals surface area contributed by atoms with E-state index in [9.17, 15) is 9.59 Å². The first-order valence-electron chi connectivity index (χ1n) is 6.87. The summed E-state index contributed by atoms with van der Waals surface area (Å²) < 4.78 is 4.73. The van der Waals surface area contributed by atoms with Gasteiger partial charge in [-0.25, -0.2) is 0 Å². The zero-order valence-corrected chi connectivity index (χ0v) is 11.9. The number of ether oxygens (including phenoxy) is 1. The molecule has 0 aliphatic heterocycles. The predicted octanol–water partition coefficient (Wildman–Crippen LogP) is 1.63. The van der Waals surface area contributed by atoms with Gasteiger partial charge in [-0.05, 0) is 24.5 Å². The maximum Gasteiger partial charge on any atom is 0.310 e. The summed E-state index contributed by atoms with van der Waals surface area (Å²) in [6.07, 6.45) is 5.35. The van der Waals surface area contributed by atoms with Crippen LogP contribution in [-0.4, -0.2) is 35.4 Å². The van der Waals surface area contributed by atoms with Crippen molar-refractivity contribution in [3.63, 3.8) is 0 Å². The van der Waals surface area contributed by atoms with Gasteiger partial charge < -0.3 is 9.64 Å². The van der Waals surface area contributed by atoms with Gasteiger partial charge in [0.1, 0.15) is 0 Å². The third-order valence-electron chi connectivity index (χ3n) is 3.43. The minimum Gasteiger partial charge on any atom is -0.469 e. The lowest BCUT2D eigenvalue weighted by molar-refractivity contribution is -0.146. The maximum absolute atomic E-state index is 12.3. The third-order valence-corrected chi connectivity index (χ3v) is 3.43. The molecule has 1 amide bonds. The largest absolute Gasteiger partial charge is 0.469 e. The van der Waals surface area contributed by atoms with Gasteiger partial charge in [0, 0.05) is 31.4 Å². The molecule has 1 unspecified atom stereocenters. The number of hydrogen-bond donors (Lipinski definition) is 0. The number of amides is 1. The molecule has 0 bridgehead atoms. The molecule has 1 saturated carbocycles. The van der Waals surface area contributed by atoms with Crippen LogP contribution in [0.5, 0.6) is 0 Å². The zero-order chi connectivity index (χ0) is 14.5. The zero-order valence-electron chi connectivity index (χ0n) is 11.9. The van der Waals surface area contributed by atoms with Crippen LogP contribution in [0, 0.1) is 11.8 Å². The van der Waals surface area contributed by atoms with E-state index >= 15 is 0 Å². The van der Waals surface area contributed by atoms with Crippen LogP contribution in [0.25, 0.3) is 0 Å². The van der Waals surface area contributed by atoms with Crippen molar-refractivity contribution in [2.45, 2.75) is 26.3 Å². The molecule has 1 heterocycles. The molecule has 1 aromatic heterocycles. The number of carbonyl (C=O) groups is 2. The number of rotatable bonds is 6. The summed E-state index contributed by atoms with van der Waals surface area (Å²) in [6, 6.07) is 3.78. The Morgan fingerprint density at radius 3 is 2.80 bits per heavy atom. The van der Waals surface area contributed by atoms with Crippen molar-refractivity contribution in [2.75, 3.05) is 13.7 Å². The molecule has 5 nitrogen and oxygen atoms in total. The smallest absolute Gasteiger partial charge is 0.310 e. The topological polar surface area (TPSA) is 59.5 Å². The Labute approximate surface area is 118 Å². The monoisotopic (exact) mass is 276 g/mol. The molecule has 0 N–H and O–H groups in total. The van der Waals surface area contributed by atoms with Crippen molar-refractivity contribution in [1.82, 2.24) is 9.88 Å². The van der Waals surface area contributed by atoms with Crippen LogP contribution in [0.1, 0.15) is 25.3 Å². The standard InChI is InChI=1S/C15H20N2O3/c1-11(15(19)20-2)9-17(14(18)13-5-6-13)10-12-4-3-7-16-8-12/h3-4,7-8,11,13H,5-6,9-10H2,1-2H3. The molecule has 5 heteroatoms. The van der Waals surface area contributed by atoms with Crippen molar-refractivity contribution in [3.8, 4) is 0 Å². The average Bonchev–Trinajstić information content (AvgIpc) is 3.30. The molecule has 20 heavy (non-hydrogen) atoms. The highest BCUT2D eigenvalue weighted by Gasteiger charge is 2.34. The lowest BCUT2D eigenvalue weighted by atomic mass is 10.1. The van der Waals surface area contributed by atoms with Crippen LogP contribution < -0.4 is 0 Å². The first kappa shape index (κ1) is 14.5. The highest BCUT2D eigenvalue weighted by Crippen LogP contribution is 2.31. The van der Waals surface area contributed by atoms with E-state index in [0.29, 0.717) is 13.1 Å². The number of nitrogens with zero attached hydrogens (tertiary/aromatic N) is 2. The molecule has 108 valence electrons. The number of methoxy groups -OCH3 is 1. The van der Waals surface area contributed by atoms with Crippen LogP contribution >= 0.6 is 0 Å². The molecule has 1 aromatic rings. The van der Waals surface area contributed by atoms with E-state index in [1.54, 1.807) is 24.2 Å². The molecule has 0 spiro atoms. The Bertz CT molecular complexity index is 471. The summed E-state index contributed by atoms with van der Waals surface area (Å²) in [6.45, 7) is 2.66. The first-order chi connectivity index (χ1) is 9.61. The van der Waals surface area contributed by atoms with E-state index in [-0.39, 0.29) is 23.7 Å². The molecule has 2 rings (SSSR count). The molecule has 1 fully saturated rings. The van der Waals surface area contributed by atoms with Crippen molar-refractivity contribution in [2.24, 2.45) is 11.8 Å². The van der Waals surface area contributed by atoms with Crippen molar-refractivity contribution >= 4 is 11.9 Å². The normalized spacial score (nSPS) is 15.5. The van der Waals surface area contributed by atoms with E-state index in [1.807, 2.05) is 12.1 Å². The number of carbonyl (C=O) groups excluding carboxylic acids is 2. The maximum atomic E-state index is 12.3. The van der Waals surface area contributed by atoms with Crippen LogP contribution in [0.15, 0.2) is 24.5 Å². The highest BCUT2D eigenvalue weighted by molar-refractivity contribution is 5.82. The molecule has 0 aromatic carbocycles. The minimum absolute atomic E-state index is 0.129. The van der Waals surface area contributed by atoms with Gasteiger partial charge in [-0.15, -0.1) is 0 Å². The summed E-state index contributed by atoms with van der Waals surface area (Å²) in [4.78, 5) is 29.6. The van der Waals surface area contributed by atoms with E-state index in [1.165, 1.54) is 7.11 Å². The van der Waals surface area contributed by atoms with Gasteiger partial charge in [-0.3, -0.25) is 14.6 Å². The lowest BCUT2D eigenvalue weighted by Crippen LogP contribution is -2.37. The summed E-state index contributed by atoms with van der Waals surface area (Å²) in [7, 11) is 1.37. The van der Waals surface area contributed by atoms with Crippen molar-refractivity contribution in [1.29, 1.82) is 0 Å². The average molecular weight is 276 g/mol. The second-order valence-electron chi connectivity index (χ2n) is 5.28. The third kappa shape index (κ3) is 3.79. The molecule has 0 radical (unpaired) electrons. The Morgan fingerprint density at radius 2 is 2.25 bits per heavy atom. The first-order valence-corrected chi connectivity index (χ1v) is 6.87. The molecular formula is C15H20N2O3. The fraction of sp³-hybridized carbons (Fsp3) is 0.533. The predicted molar refractivity (Wildman–Crippen MR) is 73.6 cm³/mol. The van der Waals surface area contributed by atoms with Crippen molar-refractivity contribution < 1.29 is 14.3 Å². The fourth-order valence-corrected chi connectivity index (χ4v) is 2.14. The van der Waals surface area contributed by atoms with Crippen LogP contribution in [0.2, 0.25) is 0 Å². The van der Waals surface area contributed by atoms with Crippen LogP contribution in [0.3, 0.4) is 0 Å². The van der Waals surface area contributed by atoms with Crippen LogP contribution in [0.4, 0.5) is 0 Å². The van der Waals surface area contributed by atoms with E-state index in [0.717, 1.165) is 18.4 Å². The SMILES string of the molecule is COC(=O)C(C)CN(Cc1cccnc1)C(=O)C1CC1. The van der Waals surface area contributed by atoms with Crippen molar-refractivity contribution in [3.05, 3.63) is 30.1 Å². The summed E-state index contributed by atoms with van der Waals surface area (Å²) in [5, 5.41) is 0. The van der Waals surface area contributed by atoms with E-state index in [4.69, 9.17) is 4.74 Å². The lowest BCUT2D eigenvalue weighted by Gasteiger charge is -2.25. The van der Waals surface area contributed by atoms with Gasteiger partial charge in [0.05, 0.1) is 13.0 Å². The Morgan fingerprint density at radius 1 is 1.50 bits per heavy atom. The van der Waals surface area contributed by atoms with Gasteiger partial charge in [0.2, 0.25) is 5.91 Å². The van der Waals surface area contributed by atoms with Crippen LogP contribution in [-0.2, 0) is 20.9 Å². The van der Waals surface area contributed by atoms with E-state index < -0.39 is 0 Å². The second-order valence-corrected chi connectivity index (χ2v) is 5.28. The molecule has 1 aliphatic carbocycles. The van der Waals surface area contributed by atoms with Gasteiger partial charge in [-0.1, -0.05) is 13.0 Å². The number of hydrogen-bond acceptors (Lipinski definition) is 4. The van der Waals surface area contributed by atoms with Gasteiger partial charge in [0.15, 0.2) is 0 Å². The molecule has 1 aliphatic rings. The number of aromatic nitrogens is 1. The van der Waals surface area contributed by atoms with Gasteiger partial charge >= 0.3 is 5.97 Å². The molecular weight excluding hydrogens is 256 g/mol. The Kier molecular flexibility index (Phi) is 4.71. The van der Waals surface area contributed by atoms with Gasteiger partial charge in [0.25, 0.3) is 0 Å². The molecule has 1 atom stereocenters.